The van der Waals surface area contributed by atoms with Gasteiger partial charge in [0, 0.05) is 24.8 Å². The van der Waals surface area contributed by atoms with Crippen LogP contribution in [-0.2, 0) is 0 Å². The monoisotopic (exact) mass is 289 g/mol. The fourth-order valence-electron chi connectivity index (χ4n) is 2.52. The Morgan fingerprint density at radius 2 is 1.81 bits per heavy atom. The van der Waals surface area contributed by atoms with Crippen molar-refractivity contribution in [3.8, 4) is 0 Å². The summed E-state index contributed by atoms with van der Waals surface area (Å²) < 4.78 is 0. The van der Waals surface area contributed by atoms with Gasteiger partial charge in [-0.15, -0.1) is 0 Å². The molecule has 0 radical (unpaired) electrons. The molecule has 112 valence electrons. The van der Waals surface area contributed by atoms with Crippen molar-refractivity contribution in [3.63, 3.8) is 0 Å². The summed E-state index contributed by atoms with van der Waals surface area (Å²) >= 11 is 0. The number of hydrogen-bond acceptors (Lipinski definition) is 4. The highest BCUT2D eigenvalue weighted by Gasteiger charge is 2.34. The number of anilines is 1. The van der Waals surface area contributed by atoms with Gasteiger partial charge in [-0.2, -0.15) is 0 Å². The lowest BCUT2D eigenvalue weighted by molar-refractivity contribution is -0.385. The summed E-state index contributed by atoms with van der Waals surface area (Å²) in [5.74, 6) is 0.869. The van der Waals surface area contributed by atoms with Crippen LogP contribution < -0.4 is 5.73 Å². The van der Waals surface area contributed by atoms with Crippen LogP contribution in [0.1, 0.15) is 36.0 Å². The van der Waals surface area contributed by atoms with Crippen molar-refractivity contribution in [1.82, 2.24) is 4.90 Å². The Morgan fingerprint density at radius 1 is 1.24 bits per heavy atom. The smallest absolute Gasteiger partial charge is 0.282 e. The van der Waals surface area contributed by atoms with E-state index < -0.39 is 4.92 Å². The standard InChI is InChI=1S/C15H19N3O3/c16-12-5-6-14(18(20)21)13(7-12)15(19)17(8-10-1-2-10)9-11-3-4-11/h5-7,10-11H,1-4,8-9,16H2. The summed E-state index contributed by atoms with van der Waals surface area (Å²) in [5.41, 5.74) is 6.03. The molecule has 0 heterocycles. The van der Waals surface area contributed by atoms with Gasteiger partial charge in [0.25, 0.3) is 11.6 Å². The zero-order chi connectivity index (χ0) is 15.0. The molecule has 0 aromatic heterocycles. The second kappa shape index (κ2) is 5.35. The molecule has 2 fully saturated rings. The average molecular weight is 289 g/mol. The van der Waals surface area contributed by atoms with E-state index >= 15 is 0 Å². The number of amides is 1. The van der Waals surface area contributed by atoms with Crippen LogP contribution in [0.5, 0.6) is 0 Å². The van der Waals surface area contributed by atoms with Crippen LogP contribution in [0.15, 0.2) is 18.2 Å². The number of nitrogens with zero attached hydrogens (tertiary/aromatic N) is 2. The van der Waals surface area contributed by atoms with Crippen molar-refractivity contribution in [3.05, 3.63) is 33.9 Å². The number of nitro groups is 1. The molecule has 3 rings (SSSR count). The Labute approximate surface area is 123 Å². The third-order valence-electron chi connectivity index (χ3n) is 4.09. The minimum absolute atomic E-state index is 0.112. The van der Waals surface area contributed by atoms with Gasteiger partial charge in [0.05, 0.1) is 4.92 Å². The predicted octanol–water partition coefficient (Wildman–Crippen LogP) is 2.44. The average Bonchev–Trinajstić information content (AvgIpc) is 3.32. The molecule has 0 unspecified atom stereocenters. The van der Waals surface area contributed by atoms with Gasteiger partial charge in [-0.05, 0) is 49.7 Å². The van der Waals surface area contributed by atoms with Gasteiger partial charge < -0.3 is 10.6 Å². The number of nitrogen functional groups attached to an aromatic ring is 1. The van der Waals surface area contributed by atoms with Crippen LogP contribution in [0.4, 0.5) is 11.4 Å². The first-order valence-electron chi connectivity index (χ1n) is 7.38. The molecule has 0 saturated heterocycles. The lowest BCUT2D eigenvalue weighted by Crippen LogP contribution is -2.35. The number of nitrogens with two attached hydrogens (primary N) is 1. The SMILES string of the molecule is Nc1ccc([N+](=O)[O-])c(C(=O)N(CC2CC2)CC2CC2)c1. The lowest BCUT2D eigenvalue weighted by atomic mass is 10.1. The van der Waals surface area contributed by atoms with E-state index in [4.69, 9.17) is 5.73 Å². The molecule has 0 bridgehead atoms. The third-order valence-corrected chi connectivity index (χ3v) is 4.09. The van der Waals surface area contributed by atoms with Crippen LogP contribution in [0, 0.1) is 22.0 Å². The molecule has 6 nitrogen and oxygen atoms in total. The van der Waals surface area contributed by atoms with Crippen molar-refractivity contribution in [2.45, 2.75) is 25.7 Å². The Balaban J connectivity index is 1.86. The molecule has 1 amide bonds. The summed E-state index contributed by atoms with van der Waals surface area (Å²) in [7, 11) is 0. The summed E-state index contributed by atoms with van der Waals surface area (Å²) in [6.45, 7) is 1.42. The van der Waals surface area contributed by atoms with E-state index in [1.54, 1.807) is 4.90 Å². The van der Waals surface area contributed by atoms with Crippen LogP contribution in [0.25, 0.3) is 0 Å². The van der Waals surface area contributed by atoms with Crippen molar-refractivity contribution in [2.24, 2.45) is 11.8 Å². The lowest BCUT2D eigenvalue weighted by Gasteiger charge is -2.22. The number of rotatable bonds is 6. The maximum Gasteiger partial charge on any atom is 0.282 e. The van der Waals surface area contributed by atoms with Crippen LogP contribution in [0.2, 0.25) is 0 Å². The topological polar surface area (TPSA) is 89.5 Å². The van der Waals surface area contributed by atoms with Crippen LogP contribution in [-0.4, -0.2) is 28.8 Å². The molecular weight excluding hydrogens is 270 g/mol. The van der Waals surface area contributed by atoms with Gasteiger partial charge >= 0.3 is 0 Å². The maximum absolute atomic E-state index is 12.7. The number of nitro benzene ring substituents is 1. The molecule has 0 spiro atoms. The predicted molar refractivity (Wildman–Crippen MR) is 78.9 cm³/mol. The summed E-state index contributed by atoms with van der Waals surface area (Å²) in [4.78, 5) is 25.1. The molecule has 2 aliphatic rings. The number of hydrogen-bond donors (Lipinski definition) is 1. The molecule has 21 heavy (non-hydrogen) atoms. The van der Waals surface area contributed by atoms with Gasteiger partial charge in [-0.25, -0.2) is 0 Å². The highest BCUT2D eigenvalue weighted by Crippen LogP contribution is 2.35. The normalized spacial score (nSPS) is 17.5. The fraction of sp³-hybridized carbons (Fsp3) is 0.533. The number of carbonyl (C=O) groups excluding carboxylic acids is 1. The second-order valence-electron chi connectivity index (χ2n) is 6.13. The molecule has 2 N–H and O–H groups in total. The van der Waals surface area contributed by atoms with E-state index in [-0.39, 0.29) is 17.2 Å². The Bertz CT molecular complexity index is 566. The second-order valence-corrected chi connectivity index (χ2v) is 6.13. The summed E-state index contributed by atoms with van der Waals surface area (Å²) in [5, 5.41) is 11.1. The third kappa shape index (κ3) is 3.32. The fourth-order valence-corrected chi connectivity index (χ4v) is 2.52. The molecule has 0 aliphatic heterocycles. The van der Waals surface area contributed by atoms with Gasteiger partial charge in [-0.3, -0.25) is 14.9 Å². The van der Waals surface area contributed by atoms with Gasteiger partial charge in [-0.1, -0.05) is 0 Å². The van der Waals surface area contributed by atoms with E-state index in [0.29, 0.717) is 30.6 Å². The van der Waals surface area contributed by atoms with E-state index in [0.717, 1.165) is 25.7 Å². The molecule has 2 saturated carbocycles. The molecule has 0 atom stereocenters. The van der Waals surface area contributed by atoms with Crippen molar-refractivity contribution in [2.75, 3.05) is 18.8 Å². The van der Waals surface area contributed by atoms with E-state index in [2.05, 4.69) is 0 Å². The first kappa shape index (κ1) is 13.9. The largest absolute Gasteiger partial charge is 0.399 e. The van der Waals surface area contributed by atoms with Crippen molar-refractivity contribution in [1.29, 1.82) is 0 Å². The summed E-state index contributed by atoms with van der Waals surface area (Å²) in [6.07, 6.45) is 4.59. The molecule has 2 aliphatic carbocycles. The molecule has 6 heteroatoms. The first-order chi connectivity index (χ1) is 10.0. The quantitative estimate of drug-likeness (QED) is 0.495. The van der Waals surface area contributed by atoms with Crippen molar-refractivity contribution < 1.29 is 9.72 Å². The molecule has 1 aromatic carbocycles. The minimum Gasteiger partial charge on any atom is -0.399 e. The maximum atomic E-state index is 12.7. The minimum atomic E-state index is -0.515. The van der Waals surface area contributed by atoms with E-state index in [1.165, 1.54) is 18.2 Å². The zero-order valence-electron chi connectivity index (χ0n) is 11.8. The van der Waals surface area contributed by atoms with Gasteiger partial charge in [0.1, 0.15) is 5.56 Å². The van der Waals surface area contributed by atoms with E-state index in [9.17, 15) is 14.9 Å². The van der Waals surface area contributed by atoms with Gasteiger partial charge in [0.2, 0.25) is 0 Å². The van der Waals surface area contributed by atoms with Crippen molar-refractivity contribution >= 4 is 17.3 Å². The highest BCUT2D eigenvalue weighted by molar-refractivity contribution is 5.99. The Kier molecular flexibility index (Phi) is 3.53. The molecular formula is C15H19N3O3. The Hall–Kier alpha value is -2.11. The van der Waals surface area contributed by atoms with E-state index in [1.807, 2.05) is 0 Å². The zero-order valence-corrected chi connectivity index (χ0v) is 11.8. The highest BCUT2D eigenvalue weighted by atomic mass is 16.6. The first-order valence-corrected chi connectivity index (χ1v) is 7.38. The summed E-state index contributed by atoms with van der Waals surface area (Å²) in [6, 6.07) is 4.20. The van der Waals surface area contributed by atoms with Crippen LogP contribution in [0.3, 0.4) is 0 Å². The molecule has 1 aromatic rings. The number of carbonyl (C=O) groups is 1. The Morgan fingerprint density at radius 3 is 2.29 bits per heavy atom. The van der Waals surface area contributed by atoms with Crippen LogP contribution >= 0.6 is 0 Å². The van der Waals surface area contributed by atoms with Gasteiger partial charge in [0.15, 0.2) is 0 Å². The number of benzene rings is 1.